The smallest absolute Gasteiger partial charge is 0.101 e. The highest BCUT2D eigenvalue weighted by Gasteiger charge is 2.38. The van der Waals surface area contributed by atoms with E-state index in [4.69, 9.17) is 0 Å². The molecule has 0 saturated carbocycles. The van der Waals surface area contributed by atoms with E-state index in [2.05, 4.69) is 125 Å². The van der Waals surface area contributed by atoms with E-state index in [-0.39, 0.29) is 6.04 Å². The van der Waals surface area contributed by atoms with Gasteiger partial charge in [0, 0.05) is 44.9 Å². The molecule has 0 spiro atoms. The van der Waals surface area contributed by atoms with Gasteiger partial charge in [0.15, 0.2) is 0 Å². The van der Waals surface area contributed by atoms with Crippen molar-refractivity contribution in [2.45, 2.75) is 18.4 Å². The minimum Gasteiger partial charge on any atom is -0.333 e. The number of allylic oxidation sites excluding steroid dienone is 3. The molecular formula is C46H29N5. The van der Waals surface area contributed by atoms with Gasteiger partial charge in [-0.25, -0.2) is 0 Å². The Bertz CT molecular complexity index is 2740. The van der Waals surface area contributed by atoms with Gasteiger partial charge in [-0.05, 0) is 77.7 Å². The molecule has 0 amide bonds. The molecule has 6 aromatic carbocycles. The summed E-state index contributed by atoms with van der Waals surface area (Å²) in [5, 5.41) is 32.2. The fraction of sp³-hybridized carbons (Fsp3) is 0.0652. The van der Waals surface area contributed by atoms with Crippen LogP contribution in [0.4, 0.5) is 11.4 Å². The molecule has 1 aromatic heterocycles. The van der Waals surface area contributed by atoms with Crippen LogP contribution in [-0.4, -0.2) is 10.6 Å². The summed E-state index contributed by atoms with van der Waals surface area (Å²) in [5.41, 5.74) is 11.7. The number of nitrogens with zero attached hydrogens (tertiary/aromatic N) is 5. The molecule has 2 unspecified atom stereocenters. The zero-order valence-corrected chi connectivity index (χ0v) is 27.5. The SMILES string of the molecule is N#Cc1ccc2c(c1)c1cccc(C#N)c1n2-c1ccc(C#N)c(-c2ccccc2-c2ccccc2N2c3ccccc3C3CC=CC=CC32)c1. The van der Waals surface area contributed by atoms with Crippen molar-refractivity contribution in [1.29, 1.82) is 15.8 Å². The van der Waals surface area contributed by atoms with Crippen LogP contribution in [0.25, 0.3) is 49.7 Å². The third-order valence-corrected chi connectivity index (χ3v) is 10.3. The first-order chi connectivity index (χ1) is 25.2. The Hall–Kier alpha value is -7.13. The molecule has 2 heterocycles. The zero-order valence-electron chi connectivity index (χ0n) is 27.5. The van der Waals surface area contributed by atoms with Crippen molar-refractivity contribution >= 4 is 33.2 Å². The van der Waals surface area contributed by atoms with E-state index in [9.17, 15) is 15.8 Å². The summed E-state index contributed by atoms with van der Waals surface area (Å²) in [5.74, 6) is 0.343. The van der Waals surface area contributed by atoms with Crippen LogP contribution in [-0.2, 0) is 0 Å². The quantitative estimate of drug-likeness (QED) is 0.190. The van der Waals surface area contributed by atoms with Crippen molar-refractivity contribution < 1.29 is 0 Å². The minimum atomic E-state index is 0.162. The monoisotopic (exact) mass is 651 g/mol. The molecule has 0 saturated heterocycles. The Morgan fingerprint density at radius 1 is 0.569 bits per heavy atom. The van der Waals surface area contributed by atoms with Crippen molar-refractivity contribution in [3.8, 4) is 46.1 Å². The van der Waals surface area contributed by atoms with E-state index in [1.165, 1.54) is 11.3 Å². The Morgan fingerprint density at radius 2 is 1.31 bits per heavy atom. The Labute approximate surface area is 296 Å². The number of benzene rings is 6. The van der Waals surface area contributed by atoms with Crippen molar-refractivity contribution in [3.63, 3.8) is 0 Å². The molecule has 0 fully saturated rings. The van der Waals surface area contributed by atoms with Gasteiger partial charge in [0.05, 0.1) is 45.9 Å². The highest BCUT2D eigenvalue weighted by atomic mass is 15.2. The lowest BCUT2D eigenvalue weighted by Crippen LogP contribution is -2.28. The third kappa shape index (κ3) is 4.67. The first-order valence-corrected chi connectivity index (χ1v) is 17.0. The number of fused-ring (bicyclic) bond motifs is 6. The number of nitriles is 3. The number of hydrogen-bond donors (Lipinski definition) is 0. The molecule has 5 heteroatoms. The summed E-state index contributed by atoms with van der Waals surface area (Å²) in [4.78, 5) is 2.48. The van der Waals surface area contributed by atoms with Crippen molar-refractivity contribution in [3.05, 3.63) is 174 Å². The Balaban J connectivity index is 1.26. The van der Waals surface area contributed by atoms with Crippen LogP contribution in [0, 0.1) is 34.0 Å². The van der Waals surface area contributed by atoms with Crippen LogP contribution in [0.5, 0.6) is 0 Å². The average molecular weight is 652 g/mol. The summed E-state index contributed by atoms with van der Waals surface area (Å²) in [6, 6.07) is 50.1. The van der Waals surface area contributed by atoms with Crippen LogP contribution >= 0.6 is 0 Å². The topological polar surface area (TPSA) is 79.5 Å². The van der Waals surface area contributed by atoms with Gasteiger partial charge in [-0.15, -0.1) is 0 Å². The van der Waals surface area contributed by atoms with Gasteiger partial charge in [0.2, 0.25) is 0 Å². The number of rotatable bonds is 4. The molecule has 5 nitrogen and oxygen atoms in total. The maximum absolute atomic E-state index is 10.5. The molecule has 2 aliphatic rings. The lowest BCUT2D eigenvalue weighted by atomic mass is 9.90. The number of hydrogen-bond acceptors (Lipinski definition) is 4. The third-order valence-electron chi connectivity index (χ3n) is 10.3. The van der Waals surface area contributed by atoms with Gasteiger partial charge in [0.1, 0.15) is 6.07 Å². The second kappa shape index (κ2) is 12.1. The summed E-state index contributed by atoms with van der Waals surface area (Å²) in [6.45, 7) is 0. The van der Waals surface area contributed by atoms with Gasteiger partial charge in [-0.2, -0.15) is 15.8 Å². The largest absolute Gasteiger partial charge is 0.333 e. The first-order valence-electron chi connectivity index (χ1n) is 17.0. The van der Waals surface area contributed by atoms with Crippen LogP contribution < -0.4 is 4.90 Å². The summed E-state index contributed by atoms with van der Waals surface area (Å²) < 4.78 is 2.08. The van der Waals surface area contributed by atoms with E-state index in [1.807, 2.05) is 48.5 Å². The van der Waals surface area contributed by atoms with Gasteiger partial charge < -0.3 is 9.47 Å². The molecule has 2 atom stereocenters. The van der Waals surface area contributed by atoms with Gasteiger partial charge in [0.25, 0.3) is 0 Å². The Morgan fingerprint density at radius 3 is 2.12 bits per heavy atom. The van der Waals surface area contributed by atoms with Crippen LogP contribution in [0.2, 0.25) is 0 Å². The first kappa shape index (κ1) is 30.0. The van der Waals surface area contributed by atoms with Crippen molar-refractivity contribution in [1.82, 2.24) is 4.57 Å². The standard InChI is InChI=1S/C46H29N5/c47-27-30-21-24-45-41(25-30)39-17-10-11-32(29-49)46(39)50(45)33-23-22-31(28-48)40(26-33)35-13-5-4-12-34(35)36-15-6-8-19-42(36)51-43-18-3-1-2-14-37(43)38-16-7-9-20-44(38)51/h1-13,15-26,37,43H,14H2. The molecule has 1 aliphatic heterocycles. The van der Waals surface area contributed by atoms with E-state index in [0.717, 1.165) is 61.9 Å². The fourth-order valence-corrected chi connectivity index (χ4v) is 8.16. The second-order valence-corrected chi connectivity index (χ2v) is 13.0. The number of anilines is 2. The molecule has 1 aliphatic carbocycles. The Kier molecular flexibility index (Phi) is 7.10. The molecular weight excluding hydrogens is 623 g/mol. The van der Waals surface area contributed by atoms with Gasteiger partial charge in [-0.3, -0.25) is 0 Å². The predicted molar refractivity (Wildman–Crippen MR) is 204 cm³/mol. The van der Waals surface area contributed by atoms with Crippen molar-refractivity contribution in [2.24, 2.45) is 0 Å². The highest BCUT2D eigenvalue weighted by Crippen LogP contribution is 2.51. The zero-order chi connectivity index (χ0) is 34.5. The minimum absolute atomic E-state index is 0.162. The van der Waals surface area contributed by atoms with Crippen LogP contribution in [0.3, 0.4) is 0 Å². The summed E-state index contributed by atoms with van der Waals surface area (Å²) in [7, 11) is 0. The van der Waals surface area contributed by atoms with E-state index in [1.54, 1.807) is 6.07 Å². The van der Waals surface area contributed by atoms with Crippen LogP contribution in [0.15, 0.2) is 152 Å². The average Bonchev–Trinajstić information content (AvgIpc) is 3.57. The lowest BCUT2D eigenvalue weighted by molar-refractivity contribution is 0.652. The maximum atomic E-state index is 10.5. The summed E-state index contributed by atoms with van der Waals surface area (Å²) >= 11 is 0. The fourth-order valence-electron chi connectivity index (χ4n) is 8.16. The van der Waals surface area contributed by atoms with Gasteiger partial charge in [-0.1, -0.05) is 97.1 Å². The molecule has 0 bridgehead atoms. The highest BCUT2D eigenvalue weighted by molar-refractivity contribution is 6.11. The normalized spacial score (nSPS) is 15.9. The molecule has 0 N–H and O–H groups in total. The molecule has 0 radical (unpaired) electrons. The van der Waals surface area contributed by atoms with Crippen molar-refractivity contribution in [2.75, 3.05) is 4.90 Å². The number of para-hydroxylation sites is 3. The second-order valence-electron chi connectivity index (χ2n) is 13.0. The van der Waals surface area contributed by atoms with E-state index < -0.39 is 0 Å². The molecule has 51 heavy (non-hydrogen) atoms. The van der Waals surface area contributed by atoms with E-state index in [0.29, 0.717) is 22.6 Å². The lowest BCUT2D eigenvalue weighted by Gasteiger charge is -2.30. The maximum Gasteiger partial charge on any atom is 0.101 e. The molecule has 7 aromatic rings. The van der Waals surface area contributed by atoms with Gasteiger partial charge >= 0.3 is 0 Å². The van der Waals surface area contributed by atoms with E-state index >= 15 is 0 Å². The predicted octanol–water partition coefficient (Wildman–Crippen LogP) is 10.9. The summed E-state index contributed by atoms with van der Waals surface area (Å²) in [6.07, 6.45) is 9.86. The number of aromatic nitrogens is 1. The van der Waals surface area contributed by atoms with Crippen LogP contribution in [0.1, 0.15) is 34.6 Å². The molecule has 9 rings (SSSR count). The molecule has 238 valence electrons.